The number of fused-ring (bicyclic) bond motifs is 1. The van der Waals surface area contributed by atoms with Crippen LogP contribution in [0.4, 0.5) is 11.4 Å². The molecule has 2 heterocycles. The van der Waals surface area contributed by atoms with E-state index in [1.54, 1.807) is 17.2 Å². The van der Waals surface area contributed by atoms with Crippen LogP contribution in [0.25, 0.3) is 0 Å². The molecule has 1 aromatic heterocycles. The van der Waals surface area contributed by atoms with Crippen molar-refractivity contribution in [3.05, 3.63) is 80.6 Å². The number of carbonyl (C=O) groups is 1. The number of carbonyl (C=O) groups excluding carboxylic acids is 1. The Morgan fingerprint density at radius 3 is 2.87 bits per heavy atom. The summed E-state index contributed by atoms with van der Waals surface area (Å²) in [4.78, 5) is 25.0. The van der Waals surface area contributed by atoms with Gasteiger partial charge in [0.15, 0.2) is 12.4 Å². The Bertz CT molecular complexity index is 1130. The minimum Gasteiger partial charge on any atom is -0.470 e. The van der Waals surface area contributed by atoms with E-state index in [4.69, 9.17) is 16.3 Å². The summed E-state index contributed by atoms with van der Waals surface area (Å²) in [7, 11) is 0. The molecule has 0 atom stereocenters. The number of rotatable bonds is 5. The predicted octanol–water partition coefficient (Wildman–Crippen LogP) is 4.38. The van der Waals surface area contributed by atoms with Gasteiger partial charge in [-0.1, -0.05) is 29.3 Å². The van der Waals surface area contributed by atoms with E-state index in [9.17, 15) is 14.9 Å². The molecule has 0 bridgehead atoms. The lowest BCUT2D eigenvalue weighted by molar-refractivity contribution is -0.384. The van der Waals surface area contributed by atoms with Gasteiger partial charge in [-0.2, -0.15) is 5.10 Å². The van der Waals surface area contributed by atoms with Gasteiger partial charge in [0.25, 0.3) is 11.6 Å². The fourth-order valence-corrected chi connectivity index (χ4v) is 3.71. The molecular formula is C21H19ClN4O4. The first kappa shape index (κ1) is 19.9. The number of amides is 1. The molecule has 0 aliphatic carbocycles. The molecule has 154 valence electrons. The highest BCUT2D eigenvalue weighted by atomic mass is 35.5. The van der Waals surface area contributed by atoms with Gasteiger partial charge in [-0.25, -0.2) is 4.68 Å². The fraction of sp³-hybridized carbons (Fsp3) is 0.238. The first-order chi connectivity index (χ1) is 14.4. The van der Waals surface area contributed by atoms with E-state index in [-0.39, 0.29) is 23.3 Å². The predicted molar refractivity (Wildman–Crippen MR) is 112 cm³/mol. The molecule has 0 saturated heterocycles. The molecule has 0 fully saturated rings. The number of aryl methyl sites for hydroxylation is 2. The topological polar surface area (TPSA) is 90.5 Å². The van der Waals surface area contributed by atoms with Crippen LogP contribution in [0, 0.1) is 17.0 Å². The van der Waals surface area contributed by atoms with Crippen LogP contribution in [0.15, 0.2) is 48.7 Å². The second-order valence-electron chi connectivity index (χ2n) is 7.08. The Labute approximate surface area is 177 Å². The van der Waals surface area contributed by atoms with Crippen molar-refractivity contribution >= 4 is 28.9 Å². The first-order valence-electron chi connectivity index (χ1n) is 9.44. The molecule has 8 nitrogen and oxygen atoms in total. The van der Waals surface area contributed by atoms with Crippen LogP contribution in [0.5, 0.6) is 5.75 Å². The van der Waals surface area contributed by atoms with Crippen molar-refractivity contribution in [2.24, 2.45) is 0 Å². The van der Waals surface area contributed by atoms with E-state index in [1.165, 1.54) is 34.0 Å². The van der Waals surface area contributed by atoms with Crippen LogP contribution < -0.4 is 9.64 Å². The molecule has 9 heteroatoms. The number of benzene rings is 2. The second-order valence-corrected chi connectivity index (χ2v) is 7.49. The van der Waals surface area contributed by atoms with Crippen LogP contribution in [-0.4, -0.2) is 27.2 Å². The van der Waals surface area contributed by atoms with Crippen LogP contribution in [0.1, 0.15) is 28.0 Å². The Kier molecular flexibility index (Phi) is 5.41. The third-order valence-corrected chi connectivity index (χ3v) is 5.23. The summed E-state index contributed by atoms with van der Waals surface area (Å²) in [5.74, 6) is 0.137. The number of non-ortho nitro benzene ring substituents is 1. The minimum atomic E-state index is -0.527. The molecule has 30 heavy (non-hydrogen) atoms. The van der Waals surface area contributed by atoms with Crippen LogP contribution in [-0.2, 0) is 13.2 Å². The highest BCUT2D eigenvalue weighted by Gasteiger charge is 2.25. The quantitative estimate of drug-likeness (QED) is 0.446. The van der Waals surface area contributed by atoms with Gasteiger partial charge in [-0.05, 0) is 43.5 Å². The number of hydrogen-bond acceptors (Lipinski definition) is 5. The van der Waals surface area contributed by atoms with Gasteiger partial charge in [0, 0.05) is 30.6 Å². The Morgan fingerprint density at radius 2 is 2.10 bits per heavy atom. The van der Waals surface area contributed by atoms with Gasteiger partial charge >= 0.3 is 0 Å². The van der Waals surface area contributed by atoms with E-state index in [1.807, 2.05) is 19.1 Å². The lowest BCUT2D eigenvalue weighted by Crippen LogP contribution is -2.35. The first-order valence-corrected chi connectivity index (χ1v) is 9.82. The summed E-state index contributed by atoms with van der Waals surface area (Å²) in [5, 5.41) is 15.2. The number of halogens is 1. The average Bonchev–Trinajstić information content (AvgIpc) is 3.20. The summed E-state index contributed by atoms with van der Waals surface area (Å²) in [5.41, 5.74) is 3.48. The highest BCUT2D eigenvalue weighted by Crippen LogP contribution is 2.30. The monoisotopic (exact) mass is 426 g/mol. The molecule has 1 amide bonds. The number of aromatic nitrogens is 2. The van der Waals surface area contributed by atoms with E-state index in [0.717, 1.165) is 18.5 Å². The van der Waals surface area contributed by atoms with Gasteiger partial charge in [-0.15, -0.1) is 0 Å². The number of nitrogens with zero attached hydrogens (tertiary/aromatic N) is 4. The third-order valence-electron chi connectivity index (χ3n) is 4.94. The van der Waals surface area contributed by atoms with Crippen molar-refractivity contribution < 1.29 is 14.5 Å². The summed E-state index contributed by atoms with van der Waals surface area (Å²) in [6, 6.07) is 11.7. The summed E-state index contributed by atoms with van der Waals surface area (Å²) in [6.07, 6.45) is 3.51. The largest absolute Gasteiger partial charge is 0.470 e. The molecule has 0 N–H and O–H groups in total. The Hall–Kier alpha value is -3.39. The summed E-state index contributed by atoms with van der Waals surface area (Å²) >= 11 is 6.04. The normalized spacial score (nSPS) is 13.1. The highest BCUT2D eigenvalue weighted by molar-refractivity contribution is 6.32. The number of hydrogen-bond donors (Lipinski definition) is 0. The number of anilines is 1. The van der Waals surface area contributed by atoms with Crippen molar-refractivity contribution in [3.8, 4) is 5.75 Å². The molecule has 2 aromatic carbocycles. The smallest absolute Gasteiger partial charge is 0.278 e. The van der Waals surface area contributed by atoms with Crippen molar-refractivity contribution in [1.82, 2.24) is 9.78 Å². The van der Waals surface area contributed by atoms with E-state index in [0.29, 0.717) is 18.0 Å². The molecule has 4 rings (SSSR count). The zero-order valence-corrected chi connectivity index (χ0v) is 17.0. The van der Waals surface area contributed by atoms with Crippen molar-refractivity contribution in [3.63, 3.8) is 0 Å². The number of ether oxygens (including phenoxy) is 1. The van der Waals surface area contributed by atoms with E-state index in [2.05, 4.69) is 11.2 Å². The van der Waals surface area contributed by atoms with Crippen molar-refractivity contribution in [2.75, 3.05) is 11.4 Å². The molecule has 0 radical (unpaired) electrons. The third kappa shape index (κ3) is 3.99. The second kappa shape index (κ2) is 8.16. The lowest BCUT2D eigenvalue weighted by atomic mass is 9.99. The molecule has 3 aromatic rings. The Balaban J connectivity index is 1.46. The Morgan fingerprint density at radius 1 is 1.27 bits per heavy atom. The van der Waals surface area contributed by atoms with E-state index >= 15 is 0 Å². The maximum Gasteiger partial charge on any atom is 0.278 e. The number of nitro groups is 1. The van der Waals surface area contributed by atoms with Crippen LogP contribution in [0.3, 0.4) is 0 Å². The van der Waals surface area contributed by atoms with Gasteiger partial charge in [-0.3, -0.25) is 14.9 Å². The molecule has 1 aliphatic heterocycles. The minimum absolute atomic E-state index is 0.0145. The zero-order chi connectivity index (χ0) is 21.3. The van der Waals surface area contributed by atoms with Gasteiger partial charge in [0.2, 0.25) is 0 Å². The van der Waals surface area contributed by atoms with Crippen LogP contribution in [0.2, 0.25) is 5.02 Å². The van der Waals surface area contributed by atoms with Gasteiger partial charge in [0.1, 0.15) is 5.75 Å². The molecule has 1 aliphatic rings. The molecule has 0 saturated carbocycles. The van der Waals surface area contributed by atoms with Crippen molar-refractivity contribution in [2.45, 2.75) is 26.5 Å². The maximum atomic E-state index is 13.0. The fourth-order valence-electron chi connectivity index (χ4n) is 3.48. The number of nitro benzene ring substituents is 1. The van der Waals surface area contributed by atoms with Gasteiger partial charge < -0.3 is 9.64 Å². The summed E-state index contributed by atoms with van der Waals surface area (Å²) in [6.45, 7) is 2.71. The molecule has 0 spiro atoms. The maximum absolute atomic E-state index is 13.0. The van der Waals surface area contributed by atoms with Crippen molar-refractivity contribution in [1.29, 1.82) is 0 Å². The summed E-state index contributed by atoms with van der Waals surface area (Å²) < 4.78 is 7.06. The lowest BCUT2D eigenvalue weighted by Gasteiger charge is -2.29. The average molecular weight is 427 g/mol. The molecule has 0 unspecified atom stereocenters. The van der Waals surface area contributed by atoms with E-state index < -0.39 is 4.92 Å². The standard InChI is InChI=1S/C21H19ClN4O4/c1-14-4-6-19-15(11-14)3-2-9-25(19)21(27)18-8-10-24(23-18)13-30-20-7-5-16(26(28)29)12-17(20)22/h4-8,10-12H,2-3,9,13H2,1H3. The van der Waals surface area contributed by atoms with Crippen LogP contribution >= 0.6 is 11.6 Å². The zero-order valence-electron chi connectivity index (χ0n) is 16.2. The SMILES string of the molecule is Cc1ccc2c(c1)CCCN2C(=O)c1ccn(COc2ccc([N+](=O)[O-])cc2Cl)n1. The molecular weight excluding hydrogens is 408 g/mol. The van der Waals surface area contributed by atoms with Gasteiger partial charge in [0.05, 0.1) is 9.95 Å².